The van der Waals surface area contributed by atoms with Gasteiger partial charge in [0.1, 0.15) is 0 Å². The fourth-order valence-electron chi connectivity index (χ4n) is 2.03. The third-order valence-corrected chi connectivity index (χ3v) is 2.97. The first-order valence-electron chi connectivity index (χ1n) is 6.22. The van der Waals surface area contributed by atoms with Gasteiger partial charge in [-0.2, -0.15) is 0 Å². The van der Waals surface area contributed by atoms with E-state index in [0.29, 0.717) is 13.1 Å². The molecule has 2 rings (SSSR count). The summed E-state index contributed by atoms with van der Waals surface area (Å²) in [6.07, 6.45) is 0. The average Bonchev–Trinajstić information content (AvgIpc) is 2.40. The lowest BCUT2D eigenvalue weighted by Crippen LogP contribution is -2.27. The molecule has 0 aliphatic rings. The van der Waals surface area contributed by atoms with E-state index >= 15 is 0 Å². The zero-order valence-corrected chi connectivity index (χ0v) is 11.4. The van der Waals surface area contributed by atoms with Crippen molar-refractivity contribution in [3.63, 3.8) is 0 Å². The maximum Gasteiger partial charge on any atom is 0.235 e. The van der Waals surface area contributed by atoms with Crippen molar-refractivity contribution < 1.29 is 4.79 Å². The molecule has 0 aliphatic carbocycles. The van der Waals surface area contributed by atoms with Gasteiger partial charge >= 0.3 is 0 Å². The van der Waals surface area contributed by atoms with Gasteiger partial charge in [0.25, 0.3) is 0 Å². The van der Waals surface area contributed by atoms with Crippen molar-refractivity contribution in [1.82, 2.24) is 4.90 Å². The molecule has 98 valence electrons. The van der Waals surface area contributed by atoms with Crippen LogP contribution in [0.4, 0.5) is 0 Å². The van der Waals surface area contributed by atoms with Crippen LogP contribution < -0.4 is 0 Å². The first-order chi connectivity index (χ1) is 9.24. The summed E-state index contributed by atoms with van der Waals surface area (Å²) < 4.78 is 0. The lowest BCUT2D eigenvalue weighted by atomic mass is 10.1. The Balaban J connectivity index is 2.06. The highest BCUT2D eigenvalue weighted by atomic mass is 35.5. The monoisotopic (exact) mass is 273 g/mol. The molecule has 0 aromatic heterocycles. The lowest BCUT2D eigenvalue weighted by Gasteiger charge is -2.20. The van der Waals surface area contributed by atoms with E-state index < -0.39 is 0 Å². The molecule has 0 fully saturated rings. The summed E-state index contributed by atoms with van der Waals surface area (Å²) in [6, 6.07) is 20.2. The van der Waals surface area contributed by atoms with Gasteiger partial charge in [-0.1, -0.05) is 60.7 Å². The first kappa shape index (κ1) is 13.8. The molecule has 19 heavy (non-hydrogen) atoms. The topological polar surface area (TPSA) is 20.3 Å². The lowest BCUT2D eigenvalue weighted by molar-refractivity contribution is -0.113. The summed E-state index contributed by atoms with van der Waals surface area (Å²) >= 11 is 5.52. The average molecular weight is 274 g/mol. The van der Waals surface area contributed by atoms with E-state index in [2.05, 4.69) is 24.3 Å². The van der Waals surface area contributed by atoms with Crippen LogP contribution in [0, 0.1) is 0 Å². The highest BCUT2D eigenvalue weighted by Gasteiger charge is 2.10. The summed E-state index contributed by atoms with van der Waals surface area (Å²) in [5.41, 5.74) is 2.35. The van der Waals surface area contributed by atoms with Crippen molar-refractivity contribution in [2.75, 3.05) is 6.54 Å². The van der Waals surface area contributed by atoms with Gasteiger partial charge in [0.2, 0.25) is 5.24 Å². The van der Waals surface area contributed by atoms with E-state index in [4.69, 9.17) is 11.6 Å². The molecule has 2 aromatic rings. The molecule has 0 amide bonds. The summed E-state index contributed by atoms with van der Waals surface area (Å²) in [6.45, 7) is 1.69. The van der Waals surface area contributed by atoms with Crippen molar-refractivity contribution in [1.29, 1.82) is 0 Å². The predicted octanol–water partition coefficient (Wildman–Crippen LogP) is 3.45. The molecule has 0 unspecified atom stereocenters. The van der Waals surface area contributed by atoms with Crippen molar-refractivity contribution in [3.05, 3.63) is 71.8 Å². The van der Waals surface area contributed by atoms with Gasteiger partial charge in [-0.05, 0) is 22.7 Å². The van der Waals surface area contributed by atoms with Gasteiger partial charge in [0.15, 0.2) is 0 Å². The quantitative estimate of drug-likeness (QED) is 0.752. The van der Waals surface area contributed by atoms with E-state index in [9.17, 15) is 4.79 Å². The third-order valence-electron chi connectivity index (χ3n) is 2.85. The number of hydrogen-bond donors (Lipinski definition) is 0. The number of carbonyl (C=O) groups excluding carboxylic acids is 1. The molecule has 0 aliphatic heterocycles. The molecule has 0 heterocycles. The number of rotatable bonds is 6. The minimum atomic E-state index is -0.327. The SMILES string of the molecule is O=C(Cl)CN(Cc1ccccc1)Cc1ccccc1. The minimum Gasteiger partial charge on any atom is -0.286 e. The summed E-state index contributed by atoms with van der Waals surface area (Å²) in [5, 5.41) is -0.327. The van der Waals surface area contributed by atoms with Crippen LogP contribution in [0.15, 0.2) is 60.7 Å². The molecule has 0 saturated carbocycles. The number of carbonyl (C=O) groups is 1. The molecule has 0 bridgehead atoms. The van der Waals surface area contributed by atoms with Gasteiger partial charge in [-0.15, -0.1) is 0 Å². The Hall–Kier alpha value is -1.64. The molecule has 0 spiro atoms. The zero-order valence-electron chi connectivity index (χ0n) is 10.6. The van der Waals surface area contributed by atoms with Crippen molar-refractivity contribution >= 4 is 16.8 Å². The molecule has 0 saturated heterocycles. The second kappa shape index (κ2) is 7.07. The van der Waals surface area contributed by atoms with Crippen LogP contribution in [-0.4, -0.2) is 16.7 Å². The second-order valence-corrected chi connectivity index (χ2v) is 4.89. The molecule has 3 heteroatoms. The molecular weight excluding hydrogens is 258 g/mol. The molecule has 0 atom stereocenters. The molecule has 2 nitrogen and oxygen atoms in total. The zero-order chi connectivity index (χ0) is 13.5. The summed E-state index contributed by atoms with van der Waals surface area (Å²) in [5.74, 6) is 0. The Bertz CT molecular complexity index is 471. The number of nitrogens with zero attached hydrogens (tertiary/aromatic N) is 1. The first-order valence-corrected chi connectivity index (χ1v) is 6.60. The van der Waals surface area contributed by atoms with Crippen LogP contribution in [-0.2, 0) is 17.9 Å². The Morgan fingerprint density at radius 1 is 0.842 bits per heavy atom. The van der Waals surface area contributed by atoms with E-state index in [1.54, 1.807) is 0 Å². The largest absolute Gasteiger partial charge is 0.286 e. The maximum atomic E-state index is 11.2. The highest BCUT2D eigenvalue weighted by Crippen LogP contribution is 2.10. The predicted molar refractivity (Wildman–Crippen MR) is 77.9 cm³/mol. The standard InChI is InChI=1S/C16H16ClNO/c17-16(19)13-18(11-14-7-3-1-4-8-14)12-15-9-5-2-6-10-15/h1-10H,11-13H2. The Morgan fingerprint density at radius 2 is 1.26 bits per heavy atom. The van der Waals surface area contributed by atoms with Crippen molar-refractivity contribution in [2.45, 2.75) is 13.1 Å². The third kappa shape index (κ3) is 4.86. The van der Waals surface area contributed by atoms with Crippen LogP contribution in [0.1, 0.15) is 11.1 Å². The van der Waals surface area contributed by atoms with E-state index in [1.165, 1.54) is 11.1 Å². The fourth-order valence-corrected chi connectivity index (χ4v) is 2.20. The molecule has 0 radical (unpaired) electrons. The Labute approximate surface area is 118 Å². The highest BCUT2D eigenvalue weighted by molar-refractivity contribution is 6.64. The van der Waals surface area contributed by atoms with Gasteiger partial charge < -0.3 is 0 Å². The van der Waals surface area contributed by atoms with Gasteiger partial charge in [-0.3, -0.25) is 9.69 Å². The van der Waals surface area contributed by atoms with Crippen molar-refractivity contribution in [2.24, 2.45) is 0 Å². The van der Waals surface area contributed by atoms with Gasteiger partial charge in [0, 0.05) is 13.1 Å². The normalized spacial score (nSPS) is 10.6. The molecule has 2 aromatic carbocycles. The summed E-state index contributed by atoms with van der Waals surface area (Å²) in [7, 11) is 0. The fraction of sp³-hybridized carbons (Fsp3) is 0.188. The van der Waals surface area contributed by atoms with Crippen LogP contribution in [0.25, 0.3) is 0 Å². The van der Waals surface area contributed by atoms with Crippen molar-refractivity contribution in [3.8, 4) is 0 Å². The number of benzene rings is 2. The van der Waals surface area contributed by atoms with Gasteiger partial charge in [-0.25, -0.2) is 0 Å². The van der Waals surface area contributed by atoms with Crippen LogP contribution in [0.3, 0.4) is 0 Å². The van der Waals surface area contributed by atoms with Crippen LogP contribution >= 0.6 is 11.6 Å². The molecule has 0 N–H and O–H groups in total. The maximum absolute atomic E-state index is 11.2. The van der Waals surface area contributed by atoms with Crippen LogP contribution in [0.5, 0.6) is 0 Å². The Kier molecular flexibility index (Phi) is 5.13. The number of hydrogen-bond acceptors (Lipinski definition) is 2. The van der Waals surface area contributed by atoms with E-state index in [1.807, 2.05) is 41.3 Å². The Morgan fingerprint density at radius 3 is 1.63 bits per heavy atom. The van der Waals surface area contributed by atoms with E-state index in [-0.39, 0.29) is 11.8 Å². The number of halogens is 1. The van der Waals surface area contributed by atoms with E-state index in [0.717, 1.165) is 0 Å². The smallest absolute Gasteiger partial charge is 0.235 e. The van der Waals surface area contributed by atoms with Crippen LogP contribution in [0.2, 0.25) is 0 Å². The van der Waals surface area contributed by atoms with Gasteiger partial charge in [0.05, 0.1) is 6.54 Å². The second-order valence-electron chi connectivity index (χ2n) is 4.47. The molecular formula is C16H16ClNO. The summed E-state index contributed by atoms with van der Waals surface area (Å²) in [4.78, 5) is 13.2. The minimum absolute atomic E-state index is 0.255.